The molecule has 0 aliphatic carbocycles. The molecule has 8 nitrogen and oxygen atoms in total. The standard InChI is InChI=1S/C22H22N4O4S/c27-31(28,18-6-8-20-21(15-18)30-13-12-29-20)25-17-5-3-4-16(14-17)19-7-9-22(24-23-19)26-10-1-2-11-26/h3-9,14-15,25H,1-2,10-13H2. The summed E-state index contributed by atoms with van der Waals surface area (Å²) in [6.07, 6.45) is 2.35. The number of fused-ring (bicyclic) bond motifs is 1. The zero-order valence-electron chi connectivity index (χ0n) is 16.8. The molecule has 0 atom stereocenters. The van der Waals surface area contributed by atoms with Gasteiger partial charge in [-0.15, -0.1) is 10.2 Å². The van der Waals surface area contributed by atoms with E-state index in [0.29, 0.717) is 36.1 Å². The molecule has 1 aromatic heterocycles. The van der Waals surface area contributed by atoms with Crippen LogP contribution in [0.3, 0.4) is 0 Å². The van der Waals surface area contributed by atoms with E-state index >= 15 is 0 Å². The minimum atomic E-state index is -3.79. The lowest BCUT2D eigenvalue weighted by atomic mass is 10.1. The molecule has 9 heteroatoms. The van der Waals surface area contributed by atoms with Crippen LogP contribution in [0, 0.1) is 0 Å². The van der Waals surface area contributed by atoms with Crippen LogP contribution >= 0.6 is 0 Å². The highest BCUT2D eigenvalue weighted by Crippen LogP contribution is 2.33. The van der Waals surface area contributed by atoms with Crippen LogP contribution in [-0.4, -0.2) is 44.9 Å². The summed E-state index contributed by atoms with van der Waals surface area (Å²) in [5, 5.41) is 8.68. The number of hydrogen-bond acceptors (Lipinski definition) is 7. The summed E-state index contributed by atoms with van der Waals surface area (Å²) in [6, 6.07) is 15.6. The lowest BCUT2D eigenvalue weighted by molar-refractivity contribution is 0.171. The number of anilines is 2. The lowest BCUT2D eigenvalue weighted by Gasteiger charge is -2.19. The summed E-state index contributed by atoms with van der Waals surface area (Å²) in [4.78, 5) is 2.33. The van der Waals surface area contributed by atoms with Crippen LogP contribution in [0.25, 0.3) is 11.3 Å². The first-order chi connectivity index (χ1) is 15.1. The third-order valence-electron chi connectivity index (χ3n) is 5.32. The van der Waals surface area contributed by atoms with Crippen LogP contribution in [-0.2, 0) is 10.0 Å². The first kappa shape index (κ1) is 19.6. The van der Waals surface area contributed by atoms with Crippen molar-refractivity contribution in [2.75, 3.05) is 35.9 Å². The smallest absolute Gasteiger partial charge is 0.262 e. The van der Waals surface area contributed by atoms with E-state index in [4.69, 9.17) is 9.47 Å². The maximum absolute atomic E-state index is 12.9. The van der Waals surface area contributed by atoms with Gasteiger partial charge in [0.1, 0.15) is 13.2 Å². The maximum Gasteiger partial charge on any atom is 0.262 e. The van der Waals surface area contributed by atoms with Gasteiger partial charge in [-0.05, 0) is 49.2 Å². The Hall–Kier alpha value is -3.33. The number of hydrogen-bond donors (Lipinski definition) is 1. The molecule has 2 aliphatic heterocycles. The molecule has 1 N–H and O–H groups in total. The van der Waals surface area contributed by atoms with E-state index in [1.807, 2.05) is 18.2 Å². The zero-order chi connectivity index (χ0) is 21.3. The number of rotatable bonds is 5. The van der Waals surface area contributed by atoms with E-state index in [-0.39, 0.29) is 4.90 Å². The van der Waals surface area contributed by atoms with Crippen molar-refractivity contribution in [2.45, 2.75) is 17.7 Å². The second-order valence-electron chi connectivity index (χ2n) is 7.46. The van der Waals surface area contributed by atoms with E-state index < -0.39 is 10.0 Å². The van der Waals surface area contributed by atoms with Crippen molar-refractivity contribution in [3.05, 3.63) is 54.6 Å². The Morgan fingerprint density at radius 1 is 0.871 bits per heavy atom. The van der Waals surface area contributed by atoms with Crippen molar-refractivity contribution < 1.29 is 17.9 Å². The molecule has 0 spiro atoms. The summed E-state index contributed by atoms with van der Waals surface area (Å²) < 4.78 is 39.4. The molecule has 0 saturated carbocycles. The van der Waals surface area contributed by atoms with E-state index in [1.165, 1.54) is 25.0 Å². The van der Waals surface area contributed by atoms with E-state index in [1.54, 1.807) is 24.3 Å². The third-order valence-corrected chi connectivity index (χ3v) is 6.69. The molecule has 2 aliphatic rings. The van der Waals surface area contributed by atoms with E-state index in [2.05, 4.69) is 19.8 Å². The highest BCUT2D eigenvalue weighted by atomic mass is 32.2. The SMILES string of the molecule is O=S(=O)(Nc1cccc(-c2ccc(N3CCCC3)nn2)c1)c1ccc2c(c1)OCCO2. The molecule has 0 unspecified atom stereocenters. The van der Waals surface area contributed by atoms with Gasteiger partial charge < -0.3 is 14.4 Å². The van der Waals surface area contributed by atoms with Crippen LogP contribution in [0.2, 0.25) is 0 Å². The quantitative estimate of drug-likeness (QED) is 0.653. The second kappa shape index (κ2) is 8.07. The lowest BCUT2D eigenvalue weighted by Crippen LogP contribution is -2.19. The average molecular weight is 439 g/mol. The number of nitrogens with one attached hydrogen (secondary N) is 1. The highest BCUT2D eigenvalue weighted by molar-refractivity contribution is 7.92. The monoisotopic (exact) mass is 438 g/mol. The highest BCUT2D eigenvalue weighted by Gasteiger charge is 2.20. The Morgan fingerprint density at radius 2 is 1.68 bits per heavy atom. The fourth-order valence-electron chi connectivity index (χ4n) is 3.74. The van der Waals surface area contributed by atoms with Gasteiger partial charge in [0.25, 0.3) is 10.0 Å². The predicted molar refractivity (Wildman–Crippen MR) is 117 cm³/mol. The third kappa shape index (κ3) is 4.13. The Labute approximate surface area is 180 Å². The van der Waals surface area contributed by atoms with Crippen LogP contribution in [0.1, 0.15) is 12.8 Å². The van der Waals surface area contributed by atoms with Crippen molar-refractivity contribution in [1.29, 1.82) is 0 Å². The van der Waals surface area contributed by atoms with Gasteiger partial charge in [0.05, 0.1) is 10.6 Å². The molecule has 31 heavy (non-hydrogen) atoms. The van der Waals surface area contributed by atoms with Gasteiger partial charge in [0.15, 0.2) is 17.3 Å². The molecule has 160 valence electrons. The summed E-state index contributed by atoms with van der Waals surface area (Å²) >= 11 is 0. The van der Waals surface area contributed by atoms with Gasteiger partial charge in [-0.25, -0.2) is 8.42 Å². The molecule has 3 aromatic rings. The van der Waals surface area contributed by atoms with Gasteiger partial charge in [0.2, 0.25) is 0 Å². The fraction of sp³-hybridized carbons (Fsp3) is 0.273. The Bertz CT molecular complexity index is 1190. The first-order valence-corrected chi connectivity index (χ1v) is 11.7. The van der Waals surface area contributed by atoms with E-state index in [0.717, 1.165) is 24.5 Å². The largest absolute Gasteiger partial charge is 0.486 e. The maximum atomic E-state index is 12.9. The fourth-order valence-corrected chi connectivity index (χ4v) is 4.81. The topological polar surface area (TPSA) is 93.7 Å². The molecule has 3 heterocycles. The Morgan fingerprint density at radius 3 is 2.45 bits per heavy atom. The normalized spacial score (nSPS) is 15.7. The number of nitrogens with zero attached hydrogens (tertiary/aromatic N) is 3. The summed E-state index contributed by atoms with van der Waals surface area (Å²) in [7, 11) is -3.79. The number of ether oxygens (including phenoxy) is 2. The van der Waals surface area contributed by atoms with Gasteiger partial charge >= 0.3 is 0 Å². The van der Waals surface area contributed by atoms with Crippen molar-refractivity contribution in [1.82, 2.24) is 10.2 Å². The van der Waals surface area contributed by atoms with Gasteiger partial charge in [-0.2, -0.15) is 0 Å². The molecule has 0 amide bonds. The van der Waals surface area contributed by atoms with Crippen LogP contribution < -0.4 is 19.1 Å². The number of benzene rings is 2. The predicted octanol–water partition coefficient (Wildman–Crippen LogP) is 3.32. The molecule has 2 aromatic carbocycles. The van der Waals surface area contributed by atoms with Gasteiger partial charge in [0, 0.05) is 30.4 Å². The van der Waals surface area contributed by atoms with E-state index in [9.17, 15) is 8.42 Å². The molecular formula is C22H22N4O4S. The van der Waals surface area contributed by atoms with Crippen LogP contribution in [0.15, 0.2) is 59.5 Å². The minimum absolute atomic E-state index is 0.108. The van der Waals surface area contributed by atoms with Crippen LogP contribution in [0.4, 0.5) is 11.5 Å². The van der Waals surface area contributed by atoms with Crippen molar-refractivity contribution in [3.63, 3.8) is 0 Å². The summed E-state index contributed by atoms with van der Waals surface area (Å²) in [5.41, 5.74) is 1.91. The summed E-state index contributed by atoms with van der Waals surface area (Å²) in [5.74, 6) is 1.84. The van der Waals surface area contributed by atoms with Crippen molar-refractivity contribution in [2.24, 2.45) is 0 Å². The van der Waals surface area contributed by atoms with Gasteiger partial charge in [-0.1, -0.05) is 12.1 Å². The minimum Gasteiger partial charge on any atom is -0.486 e. The molecule has 1 fully saturated rings. The average Bonchev–Trinajstić information content (AvgIpc) is 3.34. The number of aromatic nitrogens is 2. The van der Waals surface area contributed by atoms with Crippen molar-refractivity contribution in [3.8, 4) is 22.8 Å². The molecule has 0 bridgehead atoms. The van der Waals surface area contributed by atoms with Crippen LogP contribution in [0.5, 0.6) is 11.5 Å². The number of sulfonamides is 1. The molecular weight excluding hydrogens is 416 g/mol. The summed E-state index contributed by atoms with van der Waals surface area (Å²) in [6.45, 7) is 2.85. The molecule has 0 radical (unpaired) electrons. The molecule has 5 rings (SSSR count). The Balaban J connectivity index is 1.36. The zero-order valence-corrected chi connectivity index (χ0v) is 17.6. The van der Waals surface area contributed by atoms with Gasteiger partial charge in [-0.3, -0.25) is 4.72 Å². The Kier molecular flexibility index (Phi) is 5.11. The molecule has 1 saturated heterocycles. The first-order valence-electron chi connectivity index (χ1n) is 10.2. The van der Waals surface area contributed by atoms with Crippen molar-refractivity contribution >= 4 is 21.5 Å². The second-order valence-corrected chi connectivity index (χ2v) is 9.15.